The molecular weight excluding hydrogens is 634 g/mol. The Hall–Kier alpha value is -4.55. The minimum Gasteiger partial charge on any atom is -0.338 e. The Labute approximate surface area is 263 Å². The molecule has 5 nitrogen and oxygen atoms in total. The predicted molar refractivity (Wildman–Crippen MR) is 154 cm³/mol. The number of halogens is 8. The van der Waals surface area contributed by atoms with Crippen LogP contribution in [-0.2, 0) is 36.1 Å². The number of ketones is 1. The van der Waals surface area contributed by atoms with Crippen LogP contribution in [0.2, 0.25) is 0 Å². The van der Waals surface area contributed by atoms with Crippen LogP contribution in [0.1, 0.15) is 75.6 Å². The lowest BCUT2D eigenvalue weighted by molar-refractivity contribution is -0.121. The monoisotopic (exact) mass is 661 g/mol. The van der Waals surface area contributed by atoms with Crippen molar-refractivity contribution in [3.63, 3.8) is 0 Å². The standard InChI is InChI=1S/C34H27F8N3O2/c1-44-15-21-12-19(4-5-26(21)32(44)47)25-3-2-8-43-29(25)20(9-18-10-22(35)14-23(36)11-18)13-24(46)16-45-17-27(31(37)38)28-30(45)34(41,42)7-6-33(28,39)40/h2-5,8,10-12,14,17,20,31H,6-7,9,13,15-16H2,1H3/t20-/m1/s1. The molecule has 0 fully saturated rings. The highest BCUT2D eigenvalue weighted by molar-refractivity contribution is 5.98. The summed E-state index contributed by atoms with van der Waals surface area (Å²) in [7, 11) is 1.65. The first-order chi connectivity index (χ1) is 22.1. The summed E-state index contributed by atoms with van der Waals surface area (Å²) < 4.78 is 116. The summed E-state index contributed by atoms with van der Waals surface area (Å²) in [6.45, 7) is -0.572. The van der Waals surface area contributed by atoms with E-state index in [1.807, 2.05) is 0 Å². The molecule has 0 saturated heterocycles. The number of rotatable bonds is 9. The van der Waals surface area contributed by atoms with Crippen molar-refractivity contribution in [2.24, 2.45) is 0 Å². The van der Waals surface area contributed by atoms with Gasteiger partial charge in [0.05, 0.1) is 23.5 Å². The number of hydrogen-bond donors (Lipinski definition) is 0. The molecule has 1 atom stereocenters. The molecule has 0 N–H and O–H groups in total. The summed E-state index contributed by atoms with van der Waals surface area (Å²) in [5.41, 5.74) is -1.17. The van der Waals surface area contributed by atoms with E-state index in [2.05, 4.69) is 4.98 Å². The van der Waals surface area contributed by atoms with Crippen molar-refractivity contribution in [3.8, 4) is 11.1 Å². The number of amides is 1. The third-order valence-corrected chi connectivity index (χ3v) is 8.66. The molecule has 47 heavy (non-hydrogen) atoms. The second kappa shape index (κ2) is 11.9. The smallest absolute Gasteiger partial charge is 0.288 e. The summed E-state index contributed by atoms with van der Waals surface area (Å²) in [5.74, 6) is -11.4. The highest BCUT2D eigenvalue weighted by atomic mass is 19.3. The average molecular weight is 662 g/mol. The zero-order chi connectivity index (χ0) is 33.8. The Bertz CT molecular complexity index is 1870. The summed E-state index contributed by atoms with van der Waals surface area (Å²) in [5, 5.41) is 0. The second-order valence-corrected chi connectivity index (χ2v) is 12.0. The summed E-state index contributed by atoms with van der Waals surface area (Å²) >= 11 is 0. The fourth-order valence-corrected chi connectivity index (χ4v) is 6.63. The molecule has 0 radical (unpaired) electrons. The van der Waals surface area contributed by atoms with Gasteiger partial charge in [-0.2, -0.15) is 8.78 Å². The minimum atomic E-state index is -3.95. The number of nitrogens with zero attached hydrogens (tertiary/aromatic N) is 3. The fourth-order valence-electron chi connectivity index (χ4n) is 6.63. The lowest BCUT2D eigenvalue weighted by Crippen LogP contribution is -2.33. The zero-order valence-electron chi connectivity index (χ0n) is 24.9. The van der Waals surface area contributed by atoms with Gasteiger partial charge in [0, 0.05) is 73.9 Å². The van der Waals surface area contributed by atoms with Crippen molar-refractivity contribution >= 4 is 11.7 Å². The Morgan fingerprint density at radius 1 is 0.957 bits per heavy atom. The number of hydrogen-bond acceptors (Lipinski definition) is 3. The molecule has 1 amide bonds. The van der Waals surface area contributed by atoms with Gasteiger partial charge in [-0.25, -0.2) is 26.3 Å². The maximum atomic E-state index is 15.0. The van der Waals surface area contributed by atoms with E-state index in [0.29, 0.717) is 45.8 Å². The molecule has 1 aliphatic heterocycles. The summed E-state index contributed by atoms with van der Waals surface area (Å²) in [6.07, 6.45) is -4.80. The van der Waals surface area contributed by atoms with Crippen LogP contribution in [0.5, 0.6) is 0 Å². The number of Topliss-reactive ketones (excluding diaryl/α,β-unsaturated/α-hetero) is 1. The van der Waals surface area contributed by atoms with Gasteiger partial charge in [-0.1, -0.05) is 12.1 Å². The van der Waals surface area contributed by atoms with Crippen molar-refractivity contribution in [2.45, 2.75) is 63.0 Å². The van der Waals surface area contributed by atoms with Crippen molar-refractivity contribution in [3.05, 3.63) is 112 Å². The van der Waals surface area contributed by atoms with Gasteiger partial charge in [0.2, 0.25) is 0 Å². The number of fused-ring (bicyclic) bond motifs is 2. The third-order valence-electron chi connectivity index (χ3n) is 8.66. The van der Waals surface area contributed by atoms with Crippen LogP contribution in [0.3, 0.4) is 0 Å². The Kier molecular flexibility index (Phi) is 8.21. The minimum absolute atomic E-state index is 0.142. The molecule has 4 aromatic rings. The molecule has 2 aromatic heterocycles. The molecule has 0 bridgehead atoms. The average Bonchev–Trinajstić information content (AvgIpc) is 3.53. The molecule has 0 spiro atoms. The number of carbonyl (C=O) groups excluding carboxylic acids is 2. The molecule has 0 unspecified atom stereocenters. The van der Waals surface area contributed by atoms with Gasteiger partial charge in [0.25, 0.3) is 24.2 Å². The third kappa shape index (κ3) is 6.15. The predicted octanol–water partition coefficient (Wildman–Crippen LogP) is 8.31. The van der Waals surface area contributed by atoms with E-state index in [-0.39, 0.29) is 17.9 Å². The molecule has 3 heterocycles. The van der Waals surface area contributed by atoms with Crippen LogP contribution in [0.15, 0.2) is 60.9 Å². The van der Waals surface area contributed by atoms with E-state index in [4.69, 9.17) is 0 Å². The molecule has 1 aliphatic carbocycles. The van der Waals surface area contributed by atoms with Gasteiger partial charge in [-0.3, -0.25) is 14.6 Å². The number of aromatic nitrogens is 2. The number of carbonyl (C=O) groups is 2. The quantitative estimate of drug-likeness (QED) is 0.170. The molecule has 2 aliphatic rings. The number of pyridine rings is 1. The lowest BCUT2D eigenvalue weighted by Gasteiger charge is -2.30. The summed E-state index contributed by atoms with van der Waals surface area (Å²) in [4.78, 5) is 32.0. The summed E-state index contributed by atoms with van der Waals surface area (Å²) in [6, 6.07) is 11.3. The van der Waals surface area contributed by atoms with Crippen LogP contribution in [-0.4, -0.2) is 33.2 Å². The topological polar surface area (TPSA) is 55.2 Å². The van der Waals surface area contributed by atoms with Gasteiger partial charge in [0.15, 0.2) is 5.78 Å². The van der Waals surface area contributed by atoms with Crippen LogP contribution >= 0.6 is 0 Å². The Morgan fingerprint density at radius 2 is 1.66 bits per heavy atom. The second-order valence-electron chi connectivity index (χ2n) is 12.0. The van der Waals surface area contributed by atoms with E-state index in [1.54, 1.807) is 37.4 Å². The van der Waals surface area contributed by atoms with Gasteiger partial charge in [0.1, 0.15) is 11.6 Å². The van der Waals surface area contributed by atoms with E-state index in [1.165, 1.54) is 11.1 Å². The van der Waals surface area contributed by atoms with Crippen molar-refractivity contribution in [1.82, 2.24) is 14.5 Å². The first-order valence-electron chi connectivity index (χ1n) is 14.7. The molecular formula is C34H27F8N3O2. The molecule has 13 heteroatoms. The normalized spacial score (nSPS) is 17.1. The SMILES string of the molecule is CN1Cc2cc(-c3cccnc3[C@@H](CC(=O)Cn3cc(C(F)F)c4c3C(F)(F)CCC4(F)F)Cc3cc(F)cc(F)c3)ccc2C1=O. The van der Waals surface area contributed by atoms with Crippen LogP contribution in [0.25, 0.3) is 11.1 Å². The first-order valence-corrected chi connectivity index (χ1v) is 14.7. The van der Waals surface area contributed by atoms with Crippen LogP contribution in [0.4, 0.5) is 35.1 Å². The van der Waals surface area contributed by atoms with E-state index in [9.17, 15) is 44.7 Å². The highest BCUT2D eigenvalue weighted by Gasteiger charge is 2.54. The Morgan fingerprint density at radius 3 is 2.36 bits per heavy atom. The number of benzene rings is 2. The van der Waals surface area contributed by atoms with Crippen LogP contribution < -0.4 is 0 Å². The maximum absolute atomic E-state index is 15.0. The van der Waals surface area contributed by atoms with Gasteiger partial charge in [-0.15, -0.1) is 0 Å². The van der Waals surface area contributed by atoms with Crippen molar-refractivity contribution < 1.29 is 44.7 Å². The molecule has 6 rings (SSSR count). The van der Waals surface area contributed by atoms with E-state index >= 15 is 0 Å². The van der Waals surface area contributed by atoms with E-state index < -0.39 is 84.2 Å². The van der Waals surface area contributed by atoms with Crippen molar-refractivity contribution in [1.29, 1.82) is 0 Å². The lowest BCUT2D eigenvalue weighted by atomic mass is 9.86. The largest absolute Gasteiger partial charge is 0.338 e. The van der Waals surface area contributed by atoms with Gasteiger partial charge >= 0.3 is 0 Å². The van der Waals surface area contributed by atoms with Gasteiger partial charge < -0.3 is 9.47 Å². The first kappa shape index (κ1) is 32.4. The zero-order valence-corrected chi connectivity index (χ0v) is 24.9. The van der Waals surface area contributed by atoms with Gasteiger partial charge in [-0.05, 0) is 53.4 Å². The number of alkyl halides is 6. The van der Waals surface area contributed by atoms with Crippen molar-refractivity contribution in [2.75, 3.05) is 7.05 Å². The Balaban J connectivity index is 1.39. The molecule has 2 aromatic carbocycles. The molecule has 246 valence electrons. The highest BCUT2D eigenvalue weighted by Crippen LogP contribution is 2.53. The molecule has 0 saturated carbocycles. The van der Waals surface area contributed by atoms with E-state index in [0.717, 1.165) is 17.7 Å². The maximum Gasteiger partial charge on any atom is 0.288 e. The fraction of sp³-hybridized carbons (Fsp3) is 0.324. The van der Waals surface area contributed by atoms with Crippen LogP contribution in [0, 0.1) is 11.6 Å².